The van der Waals surface area contributed by atoms with Crippen LogP contribution in [0.5, 0.6) is 5.75 Å². The molecule has 27 heavy (non-hydrogen) atoms. The molecule has 0 saturated heterocycles. The van der Waals surface area contributed by atoms with Crippen LogP contribution in [0, 0.1) is 11.3 Å². The molecule has 0 atom stereocenters. The van der Waals surface area contributed by atoms with Crippen molar-refractivity contribution in [1.82, 2.24) is 4.57 Å². The second-order valence-corrected chi connectivity index (χ2v) is 6.12. The molecule has 0 bridgehead atoms. The van der Waals surface area contributed by atoms with E-state index in [1.807, 2.05) is 18.2 Å². The van der Waals surface area contributed by atoms with Gasteiger partial charge in [-0.05, 0) is 42.0 Å². The van der Waals surface area contributed by atoms with Crippen molar-refractivity contribution >= 4 is 23.3 Å². The summed E-state index contributed by atoms with van der Waals surface area (Å²) in [6.45, 7) is 0.402. The number of methoxy groups -OCH3 is 1. The van der Waals surface area contributed by atoms with E-state index in [1.54, 1.807) is 36.4 Å². The number of anilines is 1. The largest absolute Gasteiger partial charge is 0.489 e. The van der Waals surface area contributed by atoms with E-state index in [4.69, 9.17) is 26.8 Å². The van der Waals surface area contributed by atoms with Crippen LogP contribution in [0.2, 0.25) is 5.02 Å². The van der Waals surface area contributed by atoms with E-state index in [-0.39, 0.29) is 16.9 Å². The van der Waals surface area contributed by atoms with Gasteiger partial charge >= 0.3 is 5.97 Å². The van der Waals surface area contributed by atoms with E-state index in [1.165, 1.54) is 17.9 Å². The first kappa shape index (κ1) is 18.4. The molecule has 0 amide bonds. The molecule has 0 unspecified atom stereocenters. The number of nitrogens with zero attached hydrogens (tertiary/aromatic N) is 2. The Morgan fingerprint density at radius 2 is 1.85 bits per heavy atom. The van der Waals surface area contributed by atoms with Gasteiger partial charge in [0.05, 0.1) is 18.4 Å². The van der Waals surface area contributed by atoms with E-state index in [0.717, 1.165) is 5.56 Å². The van der Waals surface area contributed by atoms with Gasteiger partial charge in [-0.2, -0.15) is 5.26 Å². The second kappa shape index (κ2) is 7.85. The highest BCUT2D eigenvalue weighted by molar-refractivity contribution is 6.30. The summed E-state index contributed by atoms with van der Waals surface area (Å²) in [6.07, 6.45) is 1.51. The molecule has 136 valence electrons. The lowest BCUT2D eigenvalue weighted by atomic mass is 10.2. The highest BCUT2D eigenvalue weighted by Gasteiger charge is 2.21. The molecule has 0 aliphatic heterocycles. The van der Waals surface area contributed by atoms with Crippen molar-refractivity contribution < 1.29 is 14.3 Å². The van der Waals surface area contributed by atoms with Gasteiger partial charge in [0.1, 0.15) is 18.4 Å². The summed E-state index contributed by atoms with van der Waals surface area (Å²) in [5, 5.41) is 9.85. The third kappa shape index (κ3) is 3.89. The number of halogens is 1. The maximum atomic E-state index is 12.0. The lowest BCUT2D eigenvalue weighted by molar-refractivity contribution is 0.0593. The number of rotatable bonds is 5. The fourth-order valence-corrected chi connectivity index (χ4v) is 2.69. The number of carbonyl (C=O) groups is 1. The predicted octanol–water partition coefficient (Wildman–Crippen LogP) is 3.95. The lowest BCUT2D eigenvalue weighted by Gasteiger charge is -2.10. The maximum absolute atomic E-state index is 12.0. The average molecular weight is 382 g/mol. The number of benzene rings is 2. The summed E-state index contributed by atoms with van der Waals surface area (Å²) in [5.74, 6) is 0.0472. The molecule has 0 spiro atoms. The Morgan fingerprint density at radius 1 is 1.19 bits per heavy atom. The number of esters is 1. The van der Waals surface area contributed by atoms with Crippen LogP contribution in [0.15, 0.2) is 54.7 Å². The molecule has 0 saturated carbocycles. The molecular formula is C20H16ClN3O3. The van der Waals surface area contributed by atoms with Crippen molar-refractivity contribution in [3.63, 3.8) is 0 Å². The Hall–Kier alpha value is -3.43. The minimum Gasteiger partial charge on any atom is -0.489 e. The van der Waals surface area contributed by atoms with Crippen LogP contribution in [0.3, 0.4) is 0 Å². The smallest absolute Gasteiger partial charge is 0.357 e. The van der Waals surface area contributed by atoms with Gasteiger partial charge in [-0.25, -0.2) is 4.79 Å². The molecule has 0 aliphatic carbocycles. The number of carbonyl (C=O) groups excluding carboxylic acids is 1. The molecule has 3 aromatic rings. The van der Waals surface area contributed by atoms with E-state index in [9.17, 15) is 10.1 Å². The average Bonchev–Trinajstić information content (AvgIpc) is 3.03. The number of nitrogen functional groups attached to an aromatic ring is 1. The molecule has 6 nitrogen and oxygen atoms in total. The number of hydrogen-bond acceptors (Lipinski definition) is 5. The third-order valence-electron chi connectivity index (χ3n) is 3.98. The summed E-state index contributed by atoms with van der Waals surface area (Å²) in [5.41, 5.74) is 7.96. The predicted molar refractivity (Wildman–Crippen MR) is 102 cm³/mol. The Morgan fingerprint density at radius 3 is 2.44 bits per heavy atom. The van der Waals surface area contributed by atoms with Crippen LogP contribution in [-0.2, 0) is 11.3 Å². The fraction of sp³-hybridized carbons (Fsp3) is 0.100. The monoisotopic (exact) mass is 381 g/mol. The number of nitriles is 1. The number of aromatic nitrogens is 1. The van der Waals surface area contributed by atoms with Gasteiger partial charge < -0.3 is 19.8 Å². The highest BCUT2D eigenvalue weighted by Crippen LogP contribution is 2.26. The lowest BCUT2D eigenvalue weighted by Crippen LogP contribution is -2.11. The number of hydrogen-bond donors (Lipinski definition) is 1. The van der Waals surface area contributed by atoms with Gasteiger partial charge in [0.25, 0.3) is 0 Å². The second-order valence-electron chi connectivity index (χ2n) is 5.69. The van der Waals surface area contributed by atoms with Crippen LogP contribution in [0.1, 0.15) is 21.6 Å². The van der Waals surface area contributed by atoms with Crippen molar-refractivity contribution in [1.29, 1.82) is 5.26 Å². The molecule has 2 N–H and O–H groups in total. The summed E-state index contributed by atoms with van der Waals surface area (Å²) in [6, 6.07) is 16.5. The number of nitrogens with two attached hydrogens (primary N) is 1. The van der Waals surface area contributed by atoms with Crippen molar-refractivity contribution in [2.75, 3.05) is 12.8 Å². The summed E-state index contributed by atoms with van der Waals surface area (Å²) < 4.78 is 12.1. The van der Waals surface area contributed by atoms with E-state index >= 15 is 0 Å². The van der Waals surface area contributed by atoms with Crippen LogP contribution in [-0.4, -0.2) is 17.6 Å². The summed E-state index contributed by atoms with van der Waals surface area (Å²) in [4.78, 5) is 12.0. The van der Waals surface area contributed by atoms with Crippen LogP contribution in [0.4, 0.5) is 5.69 Å². The first-order chi connectivity index (χ1) is 13.0. The van der Waals surface area contributed by atoms with E-state index in [2.05, 4.69) is 0 Å². The van der Waals surface area contributed by atoms with E-state index in [0.29, 0.717) is 23.1 Å². The standard InChI is InChI=1S/C20H16ClN3O3/c1-26-20(25)19-18(23)14(10-22)11-24(19)16-6-8-17(9-7-16)27-12-13-2-4-15(21)5-3-13/h2-9,11H,12,23H2,1H3. The molecule has 3 rings (SSSR count). The van der Waals surface area contributed by atoms with Crippen LogP contribution < -0.4 is 10.5 Å². The van der Waals surface area contributed by atoms with Crippen molar-refractivity contribution in [3.8, 4) is 17.5 Å². The maximum Gasteiger partial charge on any atom is 0.357 e. The topological polar surface area (TPSA) is 90.3 Å². The zero-order valence-corrected chi connectivity index (χ0v) is 15.2. The minimum atomic E-state index is -0.614. The Labute approximate surface area is 161 Å². The normalized spacial score (nSPS) is 10.3. The molecule has 7 heteroatoms. The minimum absolute atomic E-state index is 0.0902. The van der Waals surface area contributed by atoms with Crippen molar-refractivity contribution in [2.45, 2.75) is 6.61 Å². The molecule has 1 heterocycles. The zero-order chi connectivity index (χ0) is 19.4. The van der Waals surface area contributed by atoms with Gasteiger partial charge in [-0.3, -0.25) is 0 Å². The molecular weight excluding hydrogens is 366 g/mol. The van der Waals surface area contributed by atoms with Crippen LogP contribution in [0.25, 0.3) is 5.69 Å². The molecule has 1 aromatic heterocycles. The SMILES string of the molecule is COC(=O)c1c(N)c(C#N)cn1-c1ccc(OCc2ccc(Cl)cc2)cc1. The Bertz CT molecular complexity index is 1000. The van der Waals surface area contributed by atoms with Gasteiger partial charge in [-0.15, -0.1) is 0 Å². The first-order valence-corrected chi connectivity index (χ1v) is 8.38. The molecule has 2 aromatic carbocycles. The first-order valence-electron chi connectivity index (χ1n) is 8.00. The highest BCUT2D eigenvalue weighted by atomic mass is 35.5. The van der Waals surface area contributed by atoms with Crippen LogP contribution >= 0.6 is 11.6 Å². The van der Waals surface area contributed by atoms with Crippen molar-refractivity contribution in [2.24, 2.45) is 0 Å². The zero-order valence-electron chi connectivity index (χ0n) is 14.5. The van der Waals surface area contributed by atoms with Crippen molar-refractivity contribution in [3.05, 3.63) is 76.6 Å². The molecule has 0 fully saturated rings. The van der Waals surface area contributed by atoms with Gasteiger partial charge in [-0.1, -0.05) is 23.7 Å². The molecule has 0 radical (unpaired) electrons. The quantitative estimate of drug-likeness (QED) is 0.676. The van der Waals surface area contributed by atoms with E-state index < -0.39 is 5.97 Å². The third-order valence-corrected chi connectivity index (χ3v) is 4.23. The fourth-order valence-electron chi connectivity index (χ4n) is 2.57. The van der Waals surface area contributed by atoms with Gasteiger partial charge in [0, 0.05) is 16.9 Å². The Kier molecular flexibility index (Phi) is 5.34. The summed E-state index contributed by atoms with van der Waals surface area (Å²) >= 11 is 5.87. The van der Waals surface area contributed by atoms with Gasteiger partial charge in [0.2, 0.25) is 0 Å². The Balaban J connectivity index is 1.82. The number of ether oxygens (including phenoxy) is 2. The molecule has 0 aliphatic rings. The van der Waals surface area contributed by atoms with Gasteiger partial charge in [0.15, 0.2) is 5.69 Å². The summed E-state index contributed by atoms with van der Waals surface area (Å²) in [7, 11) is 1.26.